The number of rotatable bonds is 3. The molecular formula is C22H34O3. The molecule has 4 aliphatic rings. The van der Waals surface area contributed by atoms with E-state index < -0.39 is 5.60 Å². The van der Waals surface area contributed by atoms with Crippen LogP contribution in [0.1, 0.15) is 78.1 Å². The summed E-state index contributed by atoms with van der Waals surface area (Å²) < 4.78 is 0. The molecule has 0 amide bonds. The summed E-state index contributed by atoms with van der Waals surface area (Å²) in [6.45, 7) is 4.37. The minimum absolute atomic E-state index is 0.112. The van der Waals surface area contributed by atoms with Crippen molar-refractivity contribution in [3.63, 3.8) is 0 Å². The van der Waals surface area contributed by atoms with Gasteiger partial charge in [0.05, 0.1) is 12.0 Å². The van der Waals surface area contributed by atoms with E-state index in [0.717, 1.165) is 49.7 Å². The summed E-state index contributed by atoms with van der Waals surface area (Å²) in [5, 5.41) is 10.5. The van der Waals surface area contributed by atoms with Crippen LogP contribution in [0.3, 0.4) is 0 Å². The summed E-state index contributed by atoms with van der Waals surface area (Å²) in [5.41, 5.74) is -0.314. The van der Waals surface area contributed by atoms with Crippen LogP contribution in [0.4, 0.5) is 0 Å². The summed E-state index contributed by atoms with van der Waals surface area (Å²) in [7, 11) is 0. The Bertz CT molecular complexity index is 553. The Morgan fingerprint density at radius 3 is 2.52 bits per heavy atom. The lowest BCUT2D eigenvalue weighted by Crippen LogP contribution is -2.51. The first kappa shape index (κ1) is 17.7. The Morgan fingerprint density at radius 1 is 1.00 bits per heavy atom. The first-order valence-electron chi connectivity index (χ1n) is 10.5. The van der Waals surface area contributed by atoms with Crippen LogP contribution in [0.5, 0.6) is 0 Å². The molecule has 0 radical (unpaired) electrons. The van der Waals surface area contributed by atoms with Crippen molar-refractivity contribution >= 4 is 12.1 Å². The van der Waals surface area contributed by atoms with Crippen LogP contribution in [0, 0.1) is 40.9 Å². The molecule has 0 bridgehead atoms. The van der Waals surface area contributed by atoms with Crippen molar-refractivity contribution in [1.29, 1.82) is 0 Å². The SMILES string of the molecule is C[C@@]1(O)CC[C@H]2[C@H](CC[C@@H]3[C@@H]2CC[C@]2(C)[C@@H](C(=O)CC=O)CC[C@@H]32)C1. The second kappa shape index (κ2) is 6.18. The molecule has 0 aromatic heterocycles. The fraction of sp³-hybridized carbons (Fsp3) is 0.909. The van der Waals surface area contributed by atoms with Crippen LogP contribution in [0.2, 0.25) is 0 Å². The molecule has 0 heterocycles. The van der Waals surface area contributed by atoms with Crippen LogP contribution in [0.25, 0.3) is 0 Å². The smallest absolute Gasteiger partial charge is 0.143 e. The third kappa shape index (κ3) is 2.81. The monoisotopic (exact) mass is 346 g/mol. The molecule has 4 rings (SSSR count). The molecule has 4 saturated carbocycles. The molecule has 0 aromatic carbocycles. The van der Waals surface area contributed by atoms with Gasteiger partial charge in [-0.3, -0.25) is 4.79 Å². The van der Waals surface area contributed by atoms with Gasteiger partial charge in [0.2, 0.25) is 0 Å². The van der Waals surface area contributed by atoms with Crippen LogP contribution in [-0.4, -0.2) is 22.8 Å². The highest BCUT2D eigenvalue weighted by Gasteiger charge is 2.58. The highest BCUT2D eigenvalue weighted by Crippen LogP contribution is 2.64. The summed E-state index contributed by atoms with van der Waals surface area (Å²) in [5.74, 6) is 4.09. The second-order valence-corrected chi connectivity index (χ2v) is 10.2. The van der Waals surface area contributed by atoms with E-state index in [2.05, 4.69) is 6.92 Å². The van der Waals surface area contributed by atoms with Crippen molar-refractivity contribution in [2.45, 2.75) is 83.7 Å². The lowest BCUT2D eigenvalue weighted by Gasteiger charge is -2.56. The Morgan fingerprint density at radius 2 is 1.76 bits per heavy atom. The van der Waals surface area contributed by atoms with E-state index in [1.807, 2.05) is 6.92 Å². The minimum atomic E-state index is -0.448. The van der Waals surface area contributed by atoms with Crippen molar-refractivity contribution in [3.8, 4) is 0 Å². The van der Waals surface area contributed by atoms with Crippen LogP contribution < -0.4 is 0 Å². The first-order valence-corrected chi connectivity index (χ1v) is 10.5. The van der Waals surface area contributed by atoms with Crippen LogP contribution in [0.15, 0.2) is 0 Å². The average Bonchev–Trinajstić information content (AvgIpc) is 2.91. The van der Waals surface area contributed by atoms with E-state index >= 15 is 0 Å². The van der Waals surface area contributed by atoms with Crippen molar-refractivity contribution in [3.05, 3.63) is 0 Å². The van der Waals surface area contributed by atoms with Crippen molar-refractivity contribution in [2.75, 3.05) is 0 Å². The highest BCUT2D eigenvalue weighted by atomic mass is 16.3. The second-order valence-electron chi connectivity index (χ2n) is 10.2. The standard InChI is InChI=1S/C22H34O3/c1-21(25)10-7-15-14(13-21)3-4-17-16(15)8-11-22(2)18(17)5-6-19(22)20(24)9-12-23/h12,14-19,25H,3-11,13H2,1-2H3/t14-,15+,16-,17-,18+,19-,21-,22+/m1/s1. The van der Waals surface area contributed by atoms with Gasteiger partial charge in [-0.05, 0) is 99.7 Å². The number of aliphatic hydroxyl groups is 1. The van der Waals surface area contributed by atoms with Crippen molar-refractivity contribution in [2.24, 2.45) is 40.9 Å². The summed E-state index contributed by atoms with van der Waals surface area (Å²) in [6, 6.07) is 0. The molecule has 8 atom stereocenters. The van der Waals surface area contributed by atoms with Crippen molar-refractivity contribution in [1.82, 2.24) is 0 Å². The fourth-order valence-electron chi connectivity index (χ4n) is 7.83. The predicted molar refractivity (Wildman–Crippen MR) is 96.9 cm³/mol. The number of fused-ring (bicyclic) bond motifs is 5. The van der Waals surface area contributed by atoms with E-state index in [9.17, 15) is 14.7 Å². The van der Waals surface area contributed by atoms with Crippen LogP contribution >= 0.6 is 0 Å². The quantitative estimate of drug-likeness (QED) is 0.616. The predicted octanol–water partition coefficient (Wildman–Crippen LogP) is 4.16. The number of ketones is 1. The van der Waals surface area contributed by atoms with Gasteiger partial charge in [0, 0.05) is 5.92 Å². The lowest BCUT2D eigenvalue weighted by molar-refractivity contribution is -0.133. The number of hydrogen-bond acceptors (Lipinski definition) is 3. The molecule has 25 heavy (non-hydrogen) atoms. The van der Waals surface area contributed by atoms with Gasteiger partial charge in [-0.2, -0.15) is 0 Å². The third-order valence-electron chi connectivity index (χ3n) is 8.91. The van der Waals surface area contributed by atoms with Gasteiger partial charge in [-0.25, -0.2) is 0 Å². The van der Waals surface area contributed by atoms with E-state index in [-0.39, 0.29) is 23.5 Å². The minimum Gasteiger partial charge on any atom is -0.390 e. The van der Waals surface area contributed by atoms with Crippen molar-refractivity contribution < 1.29 is 14.7 Å². The van der Waals surface area contributed by atoms with Gasteiger partial charge in [-0.15, -0.1) is 0 Å². The molecule has 0 saturated heterocycles. The topological polar surface area (TPSA) is 54.4 Å². The Hall–Kier alpha value is -0.700. The summed E-state index contributed by atoms with van der Waals surface area (Å²) in [4.78, 5) is 23.3. The summed E-state index contributed by atoms with van der Waals surface area (Å²) >= 11 is 0. The maximum Gasteiger partial charge on any atom is 0.143 e. The molecule has 4 aliphatic carbocycles. The number of Topliss-reactive ketones (excluding diaryl/α,β-unsaturated/α-hetero) is 1. The van der Waals surface area contributed by atoms with Gasteiger partial charge in [0.1, 0.15) is 12.1 Å². The van der Waals surface area contributed by atoms with E-state index in [1.165, 1.54) is 32.1 Å². The zero-order valence-electron chi connectivity index (χ0n) is 15.9. The molecule has 1 N–H and O–H groups in total. The molecule has 4 fully saturated rings. The highest BCUT2D eigenvalue weighted by molar-refractivity contribution is 5.92. The van der Waals surface area contributed by atoms with Gasteiger partial charge in [0.25, 0.3) is 0 Å². The fourth-order valence-corrected chi connectivity index (χ4v) is 7.83. The molecule has 0 aliphatic heterocycles. The zero-order valence-corrected chi connectivity index (χ0v) is 15.9. The van der Waals surface area contributed by atoms with Gasteiger partial charge < -0.3 is 9.90 Å². The van der Waals surface area contributed by atoms with Crippen LogP contribution in [-0.2, 0) is 9.59 Å². The van der Waals surface area contributed by atoms with E-state index in [4.69, 9.17) is 0 Å². The number of hydrogen-bond donors (Lipinski definition) is 1. The molecule has 0 spiro atoms. The number of carbonyl (C=O) groups excluding carboxylic acids is 2. The normalized spacial score (nSPS) is 52.0. The molecule has 0 unspecified atom stereocenters. The largest absolute Gasteiger partial charge is 0.390 e. The Kier molecular flexibility index (Phi) is 4.38. The lowest BCUT2D eigenvalue weighted by atomic mass is 9.49. The van der Waals surface area contributed by atoms with Gasteiger partial charge in [-0.1, -0.05) is 6.92 Å². The maximum atomic E-state index is 12.5. The number of carbonyl (C=O) groups is 2. The van der Waals surface area contributed by atoms with Gasteiger partial charge >= 0.3 is 0 Å². The van der Waals surface area contributed by atoms with E-state index in [1.54, 1.807) is 0 Å². The number of aldehydes is 1. The average molecular weight is 347 g/mol. The zero-order chi connectivity index (χ0) is 17.8. The maximum absolute atomic E-state index is 12.5. The molecular weight excluding hydrogens is 312 g/mol. The molecule has 3 nitrogen and oxygen atoms in total. The Balaban J connectivity index is 1.53. The molecule has 3 heteroatoms. The van der Waals surface area contributed by atoms with E-state index in [0.29, 0.717) is 11.8 Å². The van der Waals surface area contributed by atoms with Gasteiger partial charge in [0.15, 0.2) is 0 Å². The molecule has 140 valence electrons. The Labute approximate surface area is 151 Å². The third-order valence-corrected chi connectivity index (χ3v) is 8.91. The summed E-state index contributed by atoms with van der Waals surface area (Å²) in [6.07, 6.45) is 11.2. The molecule has 0 aromatic rings. The first-order chi connectivity index (χ1) is 11.9.